The molecule has 0 spiro atoms. The zero-order valence-corrected chi connectivity index (χ0v) is 19.7. The number of phenolic OH excluding ortho intramolecular Hbond substituents is 1. The van der Waals surface area contributed by atoms with Crippen LogP contribution in [0.1, 0.15) is 0 Å². The topological polar surface area (TPSA) is 20.2 Å². The Labute approximate surface area is 189 Å². The zero-order chi connectivity index (χ0) is 20.5. The summed E-state index contributed by atoms with van der Waals surface area (Å²) in [4.78, 5) is 0. The molecule has 1 N–H and O–H groups in total. The van der Waals surface area contributed by atoms with Crippen LogP contribution < -0.4 is 15.9 Å². The molecule has 29 heavy (non-hydrogen) atoms. The van der Waals surface area contributed by atoms with Crippen LogP contribution in [0.4, 0.5) is 0 Å². The number of aromatic hydroxyl groups is 1. The maximum absolute atomic E-state index is 11.2. The molecule has 5 heteroatoms. The molecule has 0 radical (unpaired) electrons. The first kappa shape index (κ1) is 22.1. The van der Waals surface area contributed by atoms with Crippen LogP contribution in [-0.4, -0.2) is 5.11 Å². The van der Waals surface area contributed by atoms with Crippen molar-refractivity contribution in [1.29, 1.82) is 0 Å². The molecular formula is C24H20Cl2OPTi+. The van der Waals surface area contributed by atoms with Gasteiger partial charge in [-0.3, -0.25) is 0 Å². The van der Waals surface area contributed by atoms with E-state index < -0.39 is 25.0 Å². The van der Waals surface area contributed by atoms with Crippen molar-refractivity contribution in [2.45, 2.75) is 0 Å². The van der Waals surface area contributed by atoms with E-state index in [0.717, 1.165) is 16.4 Å². The maximum atomic E-state index is 11.2. The number of halogens is 2. The van der Waals surface area contributed by atoms with Crippen LogP contribution in [0.3, 0.4) is 0 Å². The van der Waals surface area contributed by atoms with Gasteiger partial charge in [-0.1, -0.05) is 78.9 Å². The van der Waals surface area contributed by atoms with Gasteiger partial charge < -0.3 is 5.11 Å². The Morgan fingerprint density at radius 1 is 0.586 bits per heavy atom. The van der Waals surface area contributed by atoms with Gasteiger partial charge in [0.15, 0.2) is 5.75 Å². The second-order valence-electron chi connectivity index (χ2n) is 6.25. The molecule has 0 aromatic heterocycles. The fraction of sp³-hybridized carbons (Fsp3) is 0. The number of phenols is 1. The average molecular weight is 474 g/mol. The molecule has 4 aromatic carbocycles. The van der Waals surface area contributed by atoms with Crippen LogP contribution in [0.2, 0.25) is 0 Å². The Bertz CT molecular complexity index is 975. The molecule has 0 amide bonds. The van der Waals surface area contributed by atoms with Crippen molar-refractivity contribution in [2.24, 2.45) is 0 Å². The third-order valence-electron chi connectivity index (χ3n) is 4.52. The second kappa shape index (κ2) is 11.6. The van der Waals surface area contributed by atoms with Crippen molar-refractivity contribution in [3.63, 3.8) is 0 Å². The van der Waals surface area contributed by atoms with Gasteiger partial charge in [-0.05, 0) is 35.9 Å². The summed E-state index contributed by atoms with van der Waals surface area (Å²) in [6.45, 7) is 0. The number of para-hydroxylation sites is 1. The van der Waals surface area contributed by atoms with Gasteiger partial charge in [0.2, 0.25) is 0 Å². The summed E-state index contributed by atoms with van der Waals surface area (Å²) in [5, 5.41) is 14.7. The summed E-state index contributed by atoms with van der Waals surface area (Å²) in [6.07, 6.45) is 0. The molecule has 4 aromatic rings. The van der Waals surface area contributed by atoms with Gasteiger partial charge in [0, 0.05) is 5.56 Å². The first-order valence-electron chi connectivity index (χ1n) is 9.08. The first-order chi connectivity index (χ1) is 14.3. The minimum atomic E-state index is -1.29. The molecule has 0 bridgehead atoms. The SMILES string of the molecule is Oc1c(-c2ccccc2)cccc1[PH+](c1ccccc1)c1ccccc1.[Cl][Ti][Cl]. The molecule has 0 heterocycles. The number of benzene rings is 4. The number of rotatable bonds is 4. The Morgan fingerprint density at radius 3 is 1.52 bits per heavy atom. The Hall–Kier alpha value is -1.60. The molecule has 0 saturated heterocycles. The Morgan fingerprint density at radius 2 is 1.03 bits per heavy atom. The van der Waals surface area contributed by atoms with Gasteiger partial charge in [0.05, 0.1) is 0 Å². The minimum absolute atomic E-state index is 0.389. The van der Waals surface area contributed by atoms with Crippen molar-refractivity contribution < 1.29 is 22.1 Å². The average Bonchev–Trinajstić information content (AvgIpc) is 2.78. The van der Waals surface area contributed by atoms with Gasteiger partial charge in [0.1, 0.15) is 23.8 Å². The van der Waals surface area contributed by atoms with Crippen molar-refractivity contribution in [3.8, 4) is 16.9 Å². The van der Waals surface area contributed by atoms with E-state index in [9.17, 15) is 5.11 Å². The summed E-state index contributed by atoms with van der Waals surface area (Å²) in [5.41, 5.74) is 1.92. The van der Waals surface area contributed by atoms with Gasteiger partial charge in [0.25, 0.3) is 0 Å². The van der Waals surface area contributed by atoms with Gasteiger partial charge in [-0.25, -0.2) is 0 Å². The number of hydrogen-bond acceptors (Lipinski definition) is 1. The summed E-state index contributed by atoms with van der Waals surface area (Å²) in [5.74, 6) is 0.389. The molecule has 0 unspecified atom stereocenters. The van der Waals surface area contributed by atoms with E-state index in [1.54, 1.807) is 0 Å². The monoisotopic (exact) mass is 473 g/mol. The van der Waals surface area contributed by atoms with Crippen molar-refractivity contribution in [1.82, 2.24) is 0 Å². The van der Waals surface area contributed by atoms with Gasteiger partial charge in [-0.2, -0.15) is 0 Å². The van der Waals surface area contributed by atoms with Gasteiger partial charge >= 0.3 is 35.6 Å². The van der Waals surface area contributed by atoms with E-state index in [1.165, 1.54) is 10.6 Å². The molecule has 144 valence electrons. The van der Waals surface area contributed by atoms with Crippen LogP contribution in [-0.2, 0) is 17.0 Å². The second-order valence-corrected chi connectivity index (χ2v) is 11.3. The van der Waals surface area contributed by atoms with E-state index >= 15 is 0 Å². The van der Waals surface area contributed by atoms with Crippen LogP contribution in [0.15, 0.2) is 109 Å². The summed E-state index contributed by atoms with van der Waals surface area (Å²) in [6, 6.07) is 37.2. The predicted molar refractivity (Wildman–Crippen MR) is 125 cm³/mol. The standard InChI is InChI=1S/C24H19OP.2ClH.Ti/c25-24-22(19-11-4-1-5-12-19)17-10-18-23(24)26(20-13-6-2-7-14-20)21-15-8-3-9-16-21;;;/h1-18,25H;2*1H;/q;;;+2/p-1. The van der Waals surface area contributed by atoms with E-state index in [1.807, 2.05) is 54.6 Å². The molecule has 0 atom stereocenters. The molecule has 0 aliphatic rings. The van der Waals surface area contributed by atoms with E-state index in [-0.39, 0.29) is 0 Å². The van der Waals surface area contributed by atoms with Crippen LogP contribution >= 0.6 is 26.5 Å². The normalized spacial score (nSPS) is 10.2. The molecule has 0 aliphatic carbocycles. The molecule has 0 fully saturated rings. The number of hydrogen-bond donors (Lipinski definition) is 1. The molecule has 4 rings (SSSR count). The summed E-state index contributed by atoms with van der Waals surface area (Å²) >= 11 is -0.556. The third kappa shape index (κ3) is 5.73. The molecule has 0 aliphatic heterocycles. The van der Waals surface area contributed by atoms with Crippen LogP contribution in [0.5, 0.6) is 5.75 Å². The first-order valence-corrected chi connectivity index (χ1v) is 14.9. The van der Waals surface area contributed by atoms with E-state index in [2.05, 4.69) is 54.6 Å². The molecule has 1 nitrogen and oxygen atoms in total. The van der Waals surface area contributed by atoms with Gasteiger partial charge in [-0.15, -0.1) is 0 Å². The van der Waals surface area contributed by atoms with Crippen molar-refractivity contribution in [2.75, 3.05) is 0 Å². The van der Waals surface area contributed by atoms with Crippen LogP contribution in [0.25, 0.3) is 11.1 Å². The van der Waals surface area contributed by atoms with E-state index in [4.69, 9.17) is 18.6 Å². The quantitative estimate of drug-likeness (QED) is 0.288. The predicted octanol–water partition coefficient (Wildman–Crippen LogP) is 5.93. The molecular weight excluding hydrogens is 454 g/mol. The van der Waals surface area contributed by atoms with E-state index in [0.29, 0.717) is 5.75 Å². The third-order valence-corrected chi connectivity index (χ3v) is 7.28. The zero-order valence-electron chi connectivity index (χ0n) is 15.6. The summed E-state index contributed by atoms with van der Waals surface area (Å²) < 4.78 is 0. The fourth-order valence-electron chi connectivity index (χ4n) is 3.28. The fourth-order valence-corrected chi connectivity index (χ4v) is 5.92. The summed E-state index contributed by atoms with van der Waals surface area (Å²) in [7, 11) is 8.49. The van der Waals surface area contributed by atoms with Crippen LogP contribution in [0, 0.1) is 0 Å². The Kier molecular flexibility index (Phi) is 8.80. The van der Waals surface area contributed by atoms with Crippen molar-refractivity contribution >= 4 is 42.4 Å². The van der Waals surface area contributed by atoms with Crippen molar-refractivity contribution in [3.05, 3.63) is 109 Å². The molecule has 0 saturated carbocycles. The Balaban J connectivity index is 0.000000755.